The van der Waals surface area contributed by atoms with E-state index in [0.717, 1.165) is 18.7 Å². The van der Waals surface area contributed by atoms with Gasteiger partial charge in [-0.1, -0.05) is 42.3 Å². The van der Waals surface area contributed by atoms with Crippen LogP contribution in [0.3, 0.4) is 0 Å². The van der Waals surface area contributed by atoms with Crippen LogP contribution < -0.4 is 10.6 Å². The quantitative estimate of drug-likeness (QED) is 0.160. The molecule has 1 aliphatic heterocycles. The highest BCUT2D eigenvalue weighted by Gasteiger charge is 2.24. The molecule has 43 heavy (non-hydrogen) atoms. The standard InChI is InChI=1S/C32H34N6O4S/c1-21-17-28(38(3)36-21)32(42)34-25-10-4-7-22(18-25)12-13-24-19-33-20-26(30(24)43)31(41)35-27-11-5-8-23(29(27)40)9-6-14-37(2)15-16-39/h4-5,7-8,10-11,17-20,24,39-40H,6,9,14-16H2,1-3H3,(H,34,42)(H,35,41)/t24-/m0/s1. The molecule has 1 aliphatic rings. The molecule has 2 heterocycles. The number of aliphatic hydroxyl groups is 1. The fourth-order valence-corrected chi connectivity index (χ4v) is 4.80. The summed E-state index contributed by atoms with van der Waals surface area (Å²) in [5.74, 6) is 4.79. The van der Waals surface area contributed by atoms with Gasteiger partial charge in [0.2, 0.25) is 0 Å². The number of carbonyl (C=O) groups excluding carboxylic acids is 2. The van der Waals surface area contributed by atoms with E-state index in [1.165, 1.54) is 10.9 Å². The van der Waals surface area contributed by atoms with Crippen LogP contribution in [0.5, 0.6) is 5.75 Å². The van der Waals surface area contributed by atoms with Crippen molar-refractivity contribution in [2.45, 2.75) is 19.8 Å². The topological polar surface area (TPSA) is 132 Å². The van der Waals surface area contributed by atoms with Gasteiger partial charge in [-0.25, -0.2) is 0 Å². The Morgan fingerprint density at radius 3 is 2.65 bits per heavy atom. The maximum Gasteiger partial charge on any atom is 0.273 e. The molecular weight excluding hydrogens is 564 g/mol. The molecule has 2 amide bonds. The van der Waals surface area contributed by atoms with Gasteiger partial charge in [0.15, 0.2) is 0 Å². The number of hydrogen-bond donors (Lipinski definition) is 4. The zero-order valence-electron chi connectivity index (χ0n) is 24.3. The number of carbonyl (C=O) groups is 2. The molecule has 0 radical (unpaired) electrons. The number of aromatic hydroxyl groups is 1. The number of aromatic nitrogens is 2. The Labute approximate surface area is 256 Å². The number of aryl methyl sites for hydroxylation is 3. The van der Waals surface area contributed by atoms with Crippen molar-refractivity contribution in [2.24, 2.45) is 18.0 Å². The Morgan fingerprint density at radius 2 is 1.91 bits per heavy atom. The van der Waals surface area contributed by atoms with Gasteiger partial charge >= 0.3 is 0 Å². The highest BCUT2D eigenvalue weighted by molar-refractivity contribution is 7.81. The summed E-state index contributed by atoms with van der Waals surface area (Å²) >= 11 is 5.60. The highest BCUT2D eigenvalue weighted by Crippen LogP contribution is 2.29. The molecule has 0 saturated heterocycles. The second-order valence-electron chi connectivity index (χ2n) is 10.2. The van der Waals surface area contributed by atoms with Crippen LogP contribution in [0.15, 0.2) is 65.3 Å². The molecule has 4 N–H and O–H groups in total. The lowest BCUT2D eigenvalue weighted by molar-refractivity contribution is -0.112. The summed E-state index contributed by atoms with van der Waals surface area (Å²) in [7, 11) is 3.64. The van der Waals surface area contributed by atoms with Crippen LogP contribution in [0.1, 0.15) is 33.7 Å². The molecule has 0 fully saturated rings. The third-order valence-corrected chi connectivity index (χ3v) is 7.27. The molecule has 0 unspecified atom stereocenters. The van der Waals surface area contributed by atoms with Crippen LogP contribution in [0, 0.1) is 24.7 Å². The number of aliphatic imine (C=N–C) groups is 1. The van der Waals surface area contributed by atoms with Gasteiger partial charge in [-0.15, -0.1) is 0 Å². The van der Waals surface area contributed by atoms with Crippen LogP contribution in [0.4, 0.5) is 11.4 Å². The first kappa shape index (κ1) is 31.3. The number of amides is 2. The fourth-order valence-electron chi connectivity index (χ4n) is 4.54. The van der Waals surface area contributed by atoms with E-state index in [4.69, 9.17) is 17.3 Å². The minimum atomic E-state index is -0.577. The molecule has 1 atom stereocenters. The fraction of sp³-hybridized carbons (Fsp3) is 0.281. The number of nitrogens with one attached hydrogen (secondary N) is 2. The number of thiocarbonyl (C=S) groups is 1. The number of rotatable bonds is 10. The van der Waals surface area contributed by atoms with E-state index in [-0.39, 0.29) is 29.5 Å². The number of phenolic OH excluding ortho intramolecular Hbond substituents is 1. The Hall–Kier alpha value is -4.63. The largest absolute Gasteiger partial charge is 0.505 e. The molecular formula is C32H34N6O4S. The molecule has 11 heteroatoms. The van der Waals surface area contributed by atoms with Crippen molar-refractivity contribution in [3.63, 3.8) is 0 Å². The van der Waals surface area contributed by atoms with Crippen molar-refractivity contribution in [3.8, 4) is 17.6 Å². The highest BCUT2D eigenvalue weighted by atomic mass is 32.1. The molecule has 0 aliphatic carbocycles. The maximum absolute atomic E-state index is 13.1. The van der Waals surface area contributed by atoms with Gasteiger partial charge in [-0.05, 0) is 69.3 Å². The van der Waals surface area contributed by atoms with Gasteiger partial charge in [-0.3, -0.25) is 19.3 Å². The Balaban J connectivity index is 1.39. The van der Waals surface area contributed by atoms with Crippen molar-refractivity contribution < 1.29 is 19.8 Å². The number of para-hydroxylation sites is 1. The SMILES string of the molecule is Cc1cc(C(=O)Nc2cccc(C#C[C@H]3C=NC=C(C(=O)Nc4cccc(CCCN(C)CCO)c4O)C3=S)c2)n(C)n1. The third-order valence-electron chi connectivity index (χ3n) is 6.79. The van der Waals surface area contributed by atoms with Crippen LogP contribution in [0.25, 0.3) is 0 Å². The number of benzene rings is 2. The van der Waals surface area contributed by atoms with E-state index in [1.807, 2.05) is 31.0 Å². The zero-order valence-corrected chi connectivity index (χ0v) is 25.1. The van der Waals surface area contributed by atoms with E-state index in [1.54, 1.807) is 49.7 Å². The van der Waals surface area contributed by atoms with Gasteiger partial charge < -0.3 is 25.7 Å². The van der Waals surface area contributed by atoms with Crippen LogP contribution >= 0.6 is 12.2 Å². The van der Waals surface area contributed by atoms with E-state index >= 15 is 0 Å². The Morgan fingerprint density at radius 1 is 1.12 bits per heavy atom. The van der Waals surface area contributed by atoms with Crippen LogP contribution in [0.2, 0.25) is 0 Å². The molecule has 3 aromatic rings. The molecule has 0 bridgehead atoms. The van der Waals surface area contributed by atoms with Crippen molar-refractivity contribution >= 4 is 46.5 Å². The normalized spacial score (nSPS) is 14.2. The number of likely N-dealkylation sites (N-methyl/N-ethyl adjacent to an activating group) is 1. The number of phenols is 1. The molecule has 0 spiro atoms. The monoisotopic (exact) mass is 598 g/mol. The summed E-state index contributed by atoms with van der Waals surface area (Å²) in [5, 5.41) is 29.7. The summed E-state index contributed by atoms with van der Waals surface area (Å²) < 4.78 is 1.53. The minimum absolute atomic E-state index is 0.00771. The van der Waals surface area contributed by atoms with Crippen LogP contribution in [-0.2, 0) is 18.3 Å². The van der Waals surface area contributed by atoms with Crippen molar-refractivity contribution in [1.29, 1.82) is 0 Å². The Kier molecular flexibility index (Phi) is 10.6. The van der Waals surface area contributed by atoms with Gasteiger partial charge in [0.1, 0.15) is 11.4 Å². The first-order valence-electron chi connectivity index (χ1n) is 13.8. The predicted molar refractivity (Wildman–Crippen MR) is 172 cm³/mol. The van der Waals surface area contributed by atoms with E-state index < -0.39 is 11.8 Å². The molecule has 10 nitrogen and oxygen atoms in total. The van der Waals surface area contributed by atoms with Crippen molar-refractivity contribution in [2.75, 3.05) is 37.4 Å². The molecule has 4 rings (SSSR count). The van der Waals surface area contributed by atoms with Crippen LogP contribution in [-0.4, -0.2) is 74.5 Å². The second-order valence-corrected chi connectivity index (χ2v) is 10.6. The van der Waals surface area contributed by atoms with E-state index in [9.17, 15) is 14.7 Å². The number of anilines is 2. The molecule has 1 aromatic heterocycles. The number of nitrogens with zero attached hydrogens (tertiary/aromatic N) is 4. The summed E-state index contributed by atoms with van der Waals surface area (Å²) in [4.78, 5) is 32.3. The minimum Gasteiger partial charge on any atom is -0.505 e. The van der Waals surface area contributed by atoms with Gasteiger partial charge in [0.25, 0.3) is 11.8 Å². The number of hydrogen-bond acceptors (Lipinski definition) is 8. The predicted octanol–water partition coefficient (Wildman–Crippen LogP) is 3.49. The summed E-state index contributed by atoms with van der Waals surface area (Å²) in [6.07, 6.45) is 4.37. The lowest BCUT2D eigenvalue weighted by atomic mass is 9.97. The Bertz CT molecular complexity index is 1650. The summed E-state index contributed by atoms with van der Waals surface area (Å²) in [6.45, 7) is 3.27. The van der Waals surface area contributed by atoms with Gasteiger partial charge in [0.05, 0.1) is 29.5 Å². The average molecular weight is 599 g/mol. The molecule has 222 valence electrons. The number of aliphatic hydroxyl groups excluding tert-OH is 1. The maximum atomic E-state index is 13.1. The van der Waals surface area contributed by atoms with E-state index in [0.29, 0.717) is 40.3 Å². The van der Waals surface area contributed by atoms with Crippen molar-refractivity contribution in [3.05, 3.63) is 82.8 Å². The van der Waals surface area contributed by atoms with Gasteiger partial charge in [-0.2, -0.15) is 5.10 Å². The zero-order chi connectivity index (χ0) is 30.9. The lowest BCUT2D eigenvalue weighted by Gasteiger charge is -2.17. The van der Waals surface area contributed by atoms with Crippen molar-refractivity contribution in [1.82, 2.24) is 14.7 Å². The summed E-state index contributed by atoms with van der Waals surface area (Å²) in [5.41, 5.74) is 3.62. The first-order valence-corrected chi connectivity index (χ1v) is 14.2. The van der Waals surface area contributed by atoms with E-state index in [2.05, 4.69) is 32.6 Å². The average Bonchev–Trinajstić information content (AvgIpc) is 3.32. The first-order chi connectivity index (χ1) is 20.7. The third kappa shape index (κ3) is 8.23. The lowest BCUT2D eigenvalue weighted by Crippen LogP contribution is -2.26. The molecule has 2 aromatic carbocycles. The summed E-state index contributed by atoms with van der Waals surface area (Å²) in [6, 6.07) is 14.0. The smallest absolute Gasteiger partial charge is 0.273 e. The van der Waals surface area contributed by atoms with Gasteiger partial charge in [0, 0.05) is 42.1 Å². The molecule has 0 saturated carbocycles. The second kappa shape index (κ2) is 14.5.